The third kappa shape index (κ3) is 2.50. The highest BCUT2D eigenvalue weighted by molar-refractivity contribution is 6.07. The number of methoxy groups -OCH3 is 1. The van der Waals surface area contributed by atoms with Gasteiger partial charge in [-0.3, -0.25) is 9.36 Å². The molecule has 1 aromatic carbocycles. The summed E-state index contributed by atoms with van der Waals surface area (Å²) in [6.07, 6.45) is 7.25. The number of terminal acetylenes is 1. The van der Waals surface area contributed by atoms with E-state index in [1.165, 1.54) is 0 Å². The smallest absolute Gasteiger partial charge is 0.251 e. The van der Waals surface area contributed by atoms with E-state index in [1.807, 2.05) is 30.5 Å². The van der Waals surface area contributed by atoms with Crippen molar-refractivity contribution >= 4 is 16.9 Å². The van der Waals surface area contributed by atoms with Gasteiger partial charge in [0, 0.05) is 11.8 Å². The highest BCUT2D eigenvalue weighted by atomic mass is 16.5. The Morgan fingerprint density at radius 1 is 1.28 bits per heavy atom. The van der Waals surface area contributed by atoms with Crippen molar-refractivity contribution in [2.75, 3.05) is 7.11 Å². The van der Waals surface area contributed by atoms with Crippen LogP contribution in [0.1, 0.15) is 33.0 Å². The van der Waals surface area contributed by atoms with Gasteiger partial charge in [-0.2, -0.15) is 0 Å². The lowest BCUT2D eigenvalue weighted by molar-refractivity contribution is 0.100. The predicted molar refractivity (Wildman–Crippen MR) is 96.1 cm³/mol. The lowest BCUT2D eigenvalue weighted by Gasteiger charge is -2.15. The average Bonchev–Trinajstić information content (AvgIpc) is 2.94. The number of aryl methyl sites for hydroxylation is 2. The second-order valence-electron chi connectivity index (χ2n) is 5.80. The fourth-order valence-corrected chi connectivity index (χ4v) is 3.11. The Morgan fingerprint density at radius 2 is 2.00 bits per heavy atom. The summed E-state index contributed by atoms with van der Waals surface area (Å²) in [7, 11) is 1.62. The minimum Gasteiger partial charge on any atom is -0.496 e. The molecule has 0 aliphatic rings. The number of primary amides is 1. The van der Waals surface area contributed by atoms with E-state index >= 15 is 0 Å². The fourth-order valence-electron chi connectivity index (χ4n) is 3.11. The van der Waals surface area contributed by atoms with Gasteiger partial charge in [0.1, 0.15) is 22.9 Å². The zero-order chi connectivity index (χ0) is 18.3. The van der Waals surface area contributed by atoms with E-state index in [-0.39, 0.29) is 0 Å². The van der Waals surface area contributed by atoms with Gasteiger partial charge in [0.05, 0.1) is 23.7 Å². The van der Waals surface area contributed by atoms with Crippen LogP contribution < -0.4 is 10.5 Å². The summed E-state index contributed by atoms with van der Waals surface area (Å²) in [6, 6.07) is 3.86. The van der Waals surface area contributed by atoms with Crippen molar-refractivity contribution < 1.29 is 9.53 Å². The molecule has 6 nitrogen and oxygen atoms in total. The topological polar surface area (TPSA) is 83.0 Å². The number of hydrogen-bond acceptors (Lipinski definition) is 4. The molecule has 2 heterocycles. The Morgan fingerprint density at radius 3 is 2.60 bits per heavy atom. The van der Waals surface area contributed by atoms with E-state index < -0.39 is 5.91 Å². The lowest BCUT2D eigenvalue weighted by Crippen LogP contribution is -2.11. The SMILES string of the molecule is C#Cc1nc(C)nc2c1c(C(N)=O)cn2-c1c(C)ccc(OC)c1C. The van der Waals surface area contributed by atoms with Crippen LogP contribution in [-0.4, -0.2) is 27.6 Å². The molecule has 0 unspecified atom stereocenters. The summed E-state index contributed by atoms with van der Waals surface area (Å²) >= 11 is 0. The van der Waals surface area contributed by atoms with E-state index in [9.17, 15) is 4.79 Å². The Labute approximate surface area is 145 Å². The molecule has 0 radical (unpaired) electrons. The van der Waals surface area contributed by atoms with Crippen molar-refractivity contribution in [2.24, 2.45) is 5.73 Å². The second kappa shape index (κ2) is 5.95. The summed E-state index contributed by atoms with van der Waals surface area (Å²) in [5.74, 6) is 3.21. The van der Waals surface area contributed by atoms with Crippen LogP contribution in [0.2, 0.25) is 0 Å². The number of carbonyl (C=O) groups excluding carboxylic acids is 1. The molecule has 0 fully saturated rings. The van der Waals surface area contributed by atoms with Crippen molar-refractivity contribution in [3.05, 3.63) is 46.5 Å². The van der Waals surface area contributed by atoms with E-state index in [0.29, 0.717) is 28.1 Å². The van der Waals surface area contributed by atoms with Crippen molar-refractivity contribution in [1.82, 2.24) is 14.5 Å². The predicted octanol–water partition coefficient (Wildman–Crippen LogP) is 2.43. The number of fused-ring (bicyclic) bond motifs is 1. The fraction of sp³-hybridized carbons (Fsp3) is 0.211. The molecule has 1 amide bonds. The molecule has 0 atom stereocenters. The molecule has 3 rings (SSSR count). The van der Waals surface area contributed by atoms with Crippen molar-refractivity contribution in [2.45, 2.75) is 20.8 Å². The van der Waals surface area contributed by atoms with Crippen LogP contribution in [0.15, 0.2) is 18.3 Å². The number of hydrogen-bond donors (Lipinski definition) is 1. The maximum atomic E-state index is 12.0. The van der Waals surface area contributed by atoms with Crippen molar-refractivity contribution in [1.29, 1.82) is 0 Å². The first-order valence-corrected chi connectivity index (χ1v) is 7.69. The molecule has 0 bridgehead atoms. The van der Waals surface area contributed by atoms with E-state index in [4.69, 9.17) is 16.9 Å². The lowest BCUT2D eigenvalue weighted by atomic mass is 10.1. The molecular formula is C19H18N4O2. The molecule has 2 aromatic heterocycles. The monoisotopic (exact) mass is 334 g/mol. The normalized spacial score (nSPS) is 10.7. The summed E-state index contributed by atoms with van der Waals surface area (Å²) in [5, 5.41) is 0.488. The van der Waals surface area contributed by atoms with Crippen LogP contribution in [0.25, 0.3) is 16.7 Å². The largest absolute Gasteiger partial charge is 0.496 e. The molecule has 0 saturated heterocycles. The number of ether oxygens (including phenoxy) is 1. The highest BCUT2D eigenvalue weighted by Crippen LogP contribution is 2.32. The number of nitrogens with zero attached hydrogens (tertiary/aromatic N) is 3. The van der Waals surface area contributed by atoms with Gasteiger partial charge in [-0.15, -0.1) is 6.42 Å². The Kier molecular flexibility index (Phi) is 3.93. The Bertz CT molecular complexity index is 1060. The third-order valence-corrected chi connectivity index (χ3v) is 4.20. The van der Waals surface area contributed by atoms with Gasteiger partial charge in [0.2, 0.25) is 0 Å². The number of aromatic nitrogens is 3. The summed E-state index contributed by atoms with van der Waals surface area (Å²) < 4.78 is 7.26. The Balaban J connectivity index is 2.50. The molecule has 3 aromatic rings. The number of rotatable bonds is 3. The maximum Gasteiger partial charge on any atom is 0.251 e. The number of amides is 1. The van der Waals surface area contributed by atoms with Crippen molar-refractivity contribution in [3.8, 4) is 23.8 Å². The quantitative estimate of drug-likeness (QED) is 0.746. The summed E-state index contributed by atoms with van der Waals surface area (Å²) in [6.45, 7) is 5.69. The highest BCUT2D eigenvalue weighted by Gasteiger charge is 2.21. The number of nitrogens with two attached hydrogens (primary N) is 1. The molecule has 126 valence electrons. The molecule has 0 aliphatic carbocycles. The number of benzene rings is 1. The van der Waals surface area contributed by atoms with Gasteiger partial charge in [0.25, 0.3) is 5.91 Å². The van der Waals surface area contributed by atoms with Gasteiger partial charge in [-0.05, 0) is 38.3 Å². The van der Waals surface area contributed by atoms with Gasteiger partial charge in [-0.1, -0.05) is 6.07 Å². The molecule has 25 heavy (non-hydrogen) atoms. The zero-order valence-electron chi connectivity index (χ0n) is 14.5. The van der Waals surface area contributed by atoms with Gasteiger partial charge in [0.15, 0.2) is 0 Å². The molecule has 2 N–H and O–H groups in total. The van der Waals surface area contributed by atoms with Crippen LogP contribution in [0.3, 0.4) is 0 Å². The molecule has 0 aliphatic heterocycles. The minimum absolute atomic E-state index is 0.296. The summed E-state index contributed by atoms with van der Waals surface area (Å²) in [5.41, 5.74) is 9.57. The summed E-state index contributed by atoms with van der Waals surface area (Å²) in [4.78, 5) is 20.7. The van der Waals surface area contributed by atoms with Crippen molar-refractivity contribution in [3.63, 3.8) is 0 Å². The maximum absolute atomic E-state index is 12.0. The molecule has 0 saturated carbocycles. The first-order valence-electron chi connectivity index (χ1n) is 7.69. The average molecular weight is 334 g/mol. The van der Waals surface area contributed by atoms with Crippen LogP contribution >= 0.6 is 0 Å². The van der Waals surface area contributed by atoms with Crippen LogP contribution in [0, 0.1) is 33.1 Å². The standard InChI is InChI=1S/C19H18N4O2/c1-6-14-16-13(18(20)24)9-23(19(16)22-12(4)21-14)17-10(2)7-8-15(25-5)11(17)3/h1,7-9H,2-5H3,(H2,20,24). The van der Waals surface area contributed by atoms with Gasteiger partial charge >= 0.3 is 0 Å². The first-order chi connectivity index (χ1) is 11.9. The molecule has 0 spiro atoms. The first kappa shape index (κ1) is 16.5. The molecular weight excluding hydrogens is 316 g/mol. The number of carbonyl (C=O) groups is 1. The minimum atomic E-state index is -0.578. The zero-order valence-corrected chi connectivity index (χ0v) is 14.5. The van der Waals surface area contributed by atoms with E-state index in [0.717, 1.165) is 22.6 Å². The molecule has 6 heteroatoms. The van der Waals surface area contributed by atoms with Crippen LogP contribution in [-0.2, 0) is 0 Å². The van der Waals surface area contributed by atoms with Gasteiger partial charge < -0.3 is 10.5 Å². The van der Waals surface area contributed by atoms with E-state index in [2.05, 4.69) is 15.9 Å². The third-order valence-electron chi connectivity index (χ3n) is 4.20. The van der Waals surface area contributed by atoms with Crippen LogP contribution in [0.4, 0.5) is 0 Å². The second-order valence-corrected chi connectivity index (χ2v) is 5.80. The van der Waals surface area contributed by atoms with E-state index in [1.54, 1.807) is 20.2 Å². The van der Waals surface area contributed by atoms with Crippen LogP contribution in [0.5, 0.6) is 5.75 Å². The van der Waals surface area contributed by atoms with Gasteiger partial charge in [-0.25, -0.2) is 9.97 Å². The Hall–Kier alpha value is -3.33.